The molecule has 0 atom stereocenters. The molecule has 98 valence electrons. The van der Waals surface area contributed by atoms with Crippen molar-refractivity contribution in [2.75, 3.05) is 13.7 Å². The van der Waals surface area contributed by atoms with Gasteiger partial charge in [0, 0.05) is 11.6 Å². The Morgan fingerprint density at radius 3 is 2.72 bits per heavy atom. The van der Waals surface area contributed by atoms with E-state index in [-0.39, 0.29) is 5.60 Å². The zero-order chi connectivity index (χ0) is 13.3. The van der Waals surface area contributed by atoms with Crippen LogP contribution in [0.2, 0.25) is 0 Å². The Morgan fingerprint density at radius 2 is 2.11 bits per heavy atom. The molecular weight excluding hydrogens is 296 g/mol. The Labute approximate surface area is 116 Å². The standard InChI is InChI=1S/C14H17BrO3/c1-5-17-11-8-10-9(12(15)13(11)16-4)6-7-14(2,3)18-10/h6-8H,5H2,1-4H3. The van der Waals surface area contributed by atoms with E-state index in [9.17, 15) is 0 Å². The maximum Gasteiger partial charge on any atom is 0.175 e. The van der Waals surface area contributed by atoms with Crippen molar-refractivity contribution in [2.24, 2.45) is 0 Å². The summed E-state index contributed by atoms with van der Waals surface area (Å²) in [5.74, 6) is 2.19. The second kappa shape index (κ2) is 4.84. The van der Waals surface area contributed by atoms with Crippen LogP contribution in [-0.2, 0) is 0 Å². The lowest BCUT2D eigenvalue weighted by Gasteiger charge is -2.29. The van der Waals surface area contributed by atoms with Crippen molar-refractivity contribution >= 4 is 22.0 Å². The van der Waals surface area contributed by atoms with E-state index in [1.807, 2.05) is 39.0 Å². The van der Waals surface area contributed by atoms with Gasteiger partial charge in [-0.1, -0.05) is 6.08 Å². The summed E-state index contributed by atoms with van der Waals surface area (Å²) < 4.78 is 17.8. The molecule has 1 aliphatic rings. The highest BCUT2D eigenvalue weighted by atomic mass is 79.9. The largest absolute Gasteiger partial charge is 0.492 e. The molecule has 3 nitrogen and oxygen atoms in total. The van der Waals surface area contributed by atoms with E-state index in [0.717, 1.165) is 15.8 Å². The molecule has 0 spiro atoms. The van der Waals surface area contributed by atoms with Crippen molar-refractivity contribution in [3.8, 4) is 17.2 Å². The maximum absolute atomic E-state index is 5.93. The van der Waals surface area contributed by atoms with Gasteiger partial charge in [-0.2, -0.15) is 0 Å². The highest BCUT2D eigenvalue weighted by Crippen LogP contribution is 2.46. The normalized spacial score (nSPS) is 15.8. The summed E-state index contributed by atoms with van der Waals surface area (Å²) in [6.45, 7) is 6.56. The number of methoxy groups -OCH3 is 1. The average Bonchev–Trinajstić information content (AvgIpc) is 2.28. The number of fused-ring (bicyclic) bond motifs is 1. The van der Waals surface area contributed by atoms with Crippen molar-refractivity contribution in [3.63, 3.8) is 0 Å². The predicted molar refractivity (Wildman–Crippen MR) is 75.6 cm³/mol. The molecule has 0 saturated carbocycles. The Morgan fingerprint density at radius 1 is 1.39 bits per heavy atom. The molecule has 4 heteroatoms. The molecule has 1 aromatic carbocycles. The lowest BCUT2D eigenvalue weighted by molar-refractivity contribution is 0.157. The van der Waals surface area contributed by atoms with Crippen LogP contribution in [0.1, 0.15) is 26.3 Å². The zero-order valence-corrected chi connectivity index (χ0v) is 12.6. The Balaban J connectivity index is 2.56. The second-order valence-corrected chi connectivity index (χ2v) is 5.40. The molecule has 18 heavy (non-hydrogen) atoms. The van der Waals surface area contributed by atoms with Crippen LogP contribution in [0, 0.1) is 0 Å². The van der Waals surface area contributed by atoms with E-state index in [4.69, 9.17) is 14.2 Å². The molecule has 0 fully saturated rings. The SMILES string of the molecule is CCOc1cc2c(c(Br)c1OC)C=CC(C)(C)O2. The smallest absolute Gasteiger partial charge is 0.175 e. The minimum Gasteiger partial charge on any atom is -0.492 e. The molecule has 0 amide bonds. The van der Waals surface area contributed by atoms with Gasteiger partial charge in [0.25, 0.3) is 0 Å². The monoisotopic (exact) mass is 312 g/mol. The maximum atomic E-state index is 5.93. The Bertz CT molecular complexity index is 492. The third-order valence-corrected chi connectivity index (χ3v) is 3.50. The van der Waals surface area contributed by atoms with Gasteiger partial charge in [0.05, 0.1) is 18.2 Å². The van der Waals surface area contributed by atoms with Gasteiger partial charge in [-0.3, -0.25) is 0 Å². The van der Waals surface area contributed by atoms with Gasteiger partial charge in [-0.05, 0) is 42.8 Å². The first-order chi connectivity index (χ1) is 8.48. The molecule has 0 N–H and O–H groups in total. The molecule has 0 aromatic heterocycles. The van der Waals surface area contributed by atoms with Gasteiger partial charge in [0.1, 0.15) is 11.4 Å². The molecule has 0 aliphatic carbocycles. The molecule has 1 heterocycles. The number of rotatable bonds is 3. The van der Waals surface area contributed by atoms with Gasteiger partial charge in [-0.15, -0.1) is 0 Å². The summed E-state index contributed by atoms with van der Waals surface area (Å²) in [6, 6.07) is 1.88. The van der Waals surface area contributed by atoms with Crippen molar-refractivity contribution < 1.29 is 14.2 Å². The van der Waals surface area contributed by atoms with Gasteiger partial charge >= 0.3 is 0 Å². The summed E-state index contributed by atoms with van der Waals surface area (Å²) in [5.41, 5.74) is 0.680. The fraction of sp³-hybridized carbons (Fsp3) is 0.429. The van der Waals surface area contributed by atoms with Crippen molar-refractivity contribution in [1.82, 2.24) is 0 Å². The summed E-state index contributed by atoms with van der Waals surface area (Å²) in [5, 5.41) is 0. The van der Waals surface area contributed by atoms with Crippen molar-refractivity contribution in [1.29, 1.82) is 0 Å². The topological polar surface area (TPSA) is 27.7 Å². The first-order valence-corrected chi connectivity index (χ1v) is 6.69. The number of ether oxygens (including phenoxy) is 3. The van der Waals surface area contributed by atoms with Crippen LogP contribution in [0.3, 0.4) is 0 Å². The first kappa shape index (κ1) is 13.3. The molecule has 1 aliphatic heterocycles. The number of halogens is 1. The minimum absolute atomic E-state index is 0.301. The number of benzene rings is 1. The molecule has 0 bridgehead atoms. The fourth-order valence-electron chi connectivity index (χ4n) is 1.90. The van der Waals surface area contributed by atoms with Crippen LogP contribution in [-0.4, -0.2) is 19.3 Å². The van der Waals surface area contributed by atoms with Crippen LogP contribution in [0.25, 0.3) is 6.08 Å². The Kier molecular flexibility index (Phi) is 3.57. The zero-order valence-electron chi connectivity index (χ0n) is 11.0. The van der Waals surface area contributed by atoms with E-state index >= 15 is 0 Å². The summed E-state index contributed by atoms with van der Waals surface area (Å²) in [4.78, 5) is 0. The highest BCUT2D eigenvalue weighted by Gasteiger charge is 2.26. The number of hydrogen-bond acceptors (Lipinski definition) is 3. The average molecular weight is 313 g/mol. The third-order valence-electron chi connectivity index (χ3n) is 2.72. The summed E-state index contributed by atoms with van der Waals surface area (Å²) in [7, 11) is 1.63. The van der Waals surface area contributed by atoms with E-state index in [0.29, 0.717) is 18.1 Å². The first-order valence-electron chi connectivity index (χ1n) is 5.90. The minimum atomic E-state index is -0.301. The van der Waals surface area contributed by atoms with Gasteiger partial charge in [0.2, 0.25) is 0 Å². The van der Waals surface area contributed by atoms with E-state index < -0.39 is 0 Å². The molecule has 0 radical (unpaired) electrons. The van der Waals surface area contributed by atoms with Crippen LogP contribution in [0.4, 0.5) is 0 Å². The second-order valence-electron chi connectivity index (χ2n) is 4.61. The van der Waals surface area contributed by atoms with Gasteiger partial charge in [0.15, 0.2) is 11.5 Å². The van der Waals surface area contributed by atoms with Gasteiger partial charge < -0.3 is 14.2 Å². The molecular formula is C14H17BrO3. The highest BCUT2D eigenvalue weighted by molar-refractivity contribution is 9.10. The number of hydrogen-bond donors (Lipinski definition) is 0. The van der Waals surface area contributed by atoms with Crippen LogP contribution in [0.5, 0.6) is 17.2 Å². The quantitative estimate of drug-likeness (QED) is 0.843. The molecule has 2 rings (SSSR count). The molecule has 0 unspecified atom stereocenters. The van der Waals surface area contributed by atoms with Crippen LogP contribution >= 0.6 is 15.9 Å². The Hall–Kier alpha value is -1.16. The lowest BCUT2D eigenvalue weighted by Crippen LogP contribution is -2.27. The third kappa shape index (κ3) is 2.34. The fourth-order valence-corrected chi connectivity index (χ4v) is 2.58. The summed E-state index contributed by atoms with van der Waals surface area (Å²) >= 11 is 3.55. The predicted octanol–water partition coefficient (Wildman–Crippen LogP) is 4.04. The molecule has 0 saturated heterocycles. The van der Waals surface area contributed by atoms with Crippen LogP contribution < -0.4 is 14.2 Å². The molecule has 1 aromatic rings. The van der Waals surface area contributed by atoms with Crippen molar-refractivity contribution in [3.05, 3.63) is 22.2 Å². The van der Waals surface area contributed by atoms with E-state index in [1.54, 1.807) is 7.11 Å². The van der Waals surface area contributed by atoms with E-state index in [2.05, 4.69) is 15.9 Å². The van der Waals surface area contributed by atoms with Crippen molar-refractivity contribution in [2.45, 2.75) is 26.4 Å². The van der Waals surface area contributed by atoms with E-state index in [1.165, 1.54) is 0 Å². The lowest BCUT2D eigenvalue weighted by atomic mass is 10.0. The summed E-state index contributed by atoms with van der Waals surface area (Å²) in [6.07, 6.45) is 4.07. The van der Waals surface area contributed by atoms with Gasteiger partial charge in [-0.25, -0.2) is 0 Å². The van der Waals surface area contributed by atoms with Crippen LogP contribution in [0.15, 0.2) is 16.6 Å².